The summed E-state index contributed by atoms with van der Waals surface area (Å²) < 4.78 is 5.11. The molecule has 2 heterocycles. The fraction of sp³-hybridized carbons (Fsp3) is 0.333. The van der Waals surface area contributed by atoms with Crippen molar-refractivity contribution in [2.45, 2.75) is 26.2 Å². The van der Waals surface area contributed by atoms with E-state index < -0.39 is 0 Å². The SMILES string of the molecule is CC(C)c1nc(CCNC(=O)/C=C\c2ccco2)cs1. The van der Waals surface area contributed by atoms with Gasteiger partial charge in [0.2, 0.25) is 5.91 Å². The molecule has 0 atom stereocenters. The Bertz CT molecular complexity index is 570. The Labute approximate surface area is 122 Å². The van der Waals surface area contributed by atoms with Crippen molar-refractivity contribution >= 4 is 23.3 Å². The molecule has 0 spiro atoms. The largest absolute Gasteiger partial charge is 0.465 e. The van der Waals surface area contributed by atoms with E-state index in [0.717, 1.165) is 17.1 Å². The number of thiazole rings is 1. The molecule has 0 bridgehead atoms. The Morgan fingerprint density at radius 2 is 2.40 bits per heavy atom. The number of carbonyl (C=O) groups excluding carboxylic acids is 1. The van der Waals surface area contributed by atoms with Gasteiger partial charge in [0.25, 0.3) is 0 Å². The van der Waals surface area contributed by atoms with Gasteiger partial charge in [-0.15, -0.1) is 11.3 Å². The molecule has 106 valence electrons. The Hall–Kier alpha value is -1.88. The topological polar surface area (TPSA) is 55.1 Å². The van der Waals surface area contributed by atoms with Crippen molar-refractivity contribution in [2.24, 2.45) is 0 Å². The van der Waals surface area contributed by atoms with E-state index in [4.69, 9.17) is 4.42 Å². The fourth-order valence-electron chi connectivity index (χ4n) is 1.62. The first-order chi connectivity index (χ1) is 9.65. The first-order valence-electron chi connectivity index (χ1n) is 6.59. The summed E-state index contributed by atoms with van der Waals surface area (Å²) in [5.74, 6) is 1.00. The van der Waals surface area contributed by atoms with Crippen molar-refractivity contribution in [3.8, 4) is 0 Å². The molecule has 0 radical (unpaired) electrons. The lowest BCUT2D eigenvalue weighted by Gasteiger charge is -2.00. The van der Waals surface area contributed by atoms with Crippen LogP contribution in [0.4, 0.5) is 0 Å². The number of hydrogen-bond acceptors (Lipinski definition) is 4. The summed E-state index contributed by atoms with van der Waals surface area (Å²) in [6, 6.07) is 3.58. The van der Waals surface area contributed by atoms with Crippen LogP contribution in [0.1, 0.15) is 36.2 Å². The maximum atomic E-state index is 11.6. The molecule has 5 heteroatoms. The van der Waals surface area contributed by atoms with Crippen LogP contribution in [-0.4, -0.2) is 17.4 Å². The van der Waals surface area contributed by atoms with Gasteiger partial charge in [-0.1, -0.05) is 13.8 Å². The molecule has 1 amide bonds. The van der Waals surface area contributed by atoms with E-state index in [1.807, 2.05) is 0 Å². The van der Waals surface area contributed by atoms with Crippen molar-refractivity contribution in [3.63, 3.8) is 0 Å². The van der Waals surface area contributed by atoms with Gasteiger partial charge in [-0.25, -0.2) is 4.98 Å². The second-order valence-corrected chi connectivity index (χ2v) is 5.61. The van der Waals surface area contributed by atoms with Crippen molar-refractivity contribution in [1.82, 2.24) is 10.3 Å². The molecule has 2 aromatic rings. The highest BCUT2D eigenvalue weighted by molar-refractivity contribution is 7.09. The molecular weight excluding hydrogens is 272 g/mol. The van der Waals surface area contributed by atoms with Crippen LogP contribution >= 0.6 is 11.3 Å². The zero-order valence-electron chi connectivity index (χ0n) is 11.6. The number of carbonyl (C=O) groups is 1. The average molecular weight is 290 g/mol. The summed E-state index contributed by atoms with van der Waals surface area (Å²) in [5, 5.41) is 6.03. The smallest absolute Gasteiger partial charge is 0.244 e. The Morgan fingerprint density at radius 3 is 3.05 bits per heavy atom. The summed E-state index contributed by atoms with van der Waals surface area (Å²) >= 11 is 1.67. The maximum Gasteiger partial charge on any atom is 0.244 e. The molecule has 4 nitrogen and oxygen atoms in total. The van der Waals surface area contributed by atoms with Crippen molar-refractivity contribution in [1.29, 1.82) is 0 Å². The standard InChI is InChI=1S/C15H18N2O2S/c1-11(2)15-17-12(10-20-15)7-8-16-14(18)6-5-13-4-3-9-19-13/h3-6,9-11H,7-8H2,1-2H3,(H,16,18)/b6-5-. The zero-order valence-corrected chi connectivity index (χ0v) is 12.4. The molecule has 0 unspecified atom stereocenters. The molecule has 0 aliphatic rings. The first-order valence-corrected chi connectivity index (χ1v) is 7.47. The van der Waals surface area contributed by atoms with E-state index in [0.29, 0.717) is 18.2 Å². The van der Waals surface area contributed by atoms with Crippen molar-refractivity contribution < 1.29 is 9.21 Å². The summed E-state index contributed by atoms with van der Waals surface area (Å²) in [7, 11) is 0. The molecule has 2 rings (SSSR count). The molecule has 0 saturated carbocycles. The van der Waals surface area contributed by atoms with E-state index in [1.54, 1.807) is 35.8 Å². The van der Waals surface area contributed by atoms with Gasteiger partial charge in [-0.05, 0) is 18.2 Å². The lowest BCUT2D eigenvalue weighted by Crippen LogP contribution is -2.23. The predicted octanol–water partition coefficient (Wildman–Crippen LogP) is 3.23. The molecule has 1 N–H and O–H groups in total. The lowest BCUT2D eigenvalue weighted by molar-refractivity contribution is -0.116. The number of nitrogens with zero attached hydrogens (tertiary/aromatic N) is 1. The lowest BCUT2D eigenvalue weighted by atomic mass is 10.2. The van der Waals surface area contributed by atoms with Gasteiger partial charge in [-0.3, -0.25) is 4.79 Å². The third-order valence-corrected chi connectivity index (χ3v) is 3.88. The molecule has 0 aliphatic carbocycles. The Morgan fingerprint density at radius 1 is 1.55 bits per heavy atom. The van der Waals surface area contributed by atoms with Gasteiger partial charge in [0.05, 0.1) is 17.0 Å². The van der Waals surface area contributed by atoms with E-state index in [9.17, 15) is 4.79 Å². The quantitative estimate of drug-likeness (QED) is 0.831. The second-order valence-electron chi connectivity index (χ2n) is 4.72. The van der Waals surface area contributed by atoms with Gasteiger partial charge >= 0.3 is 0 Å². The highest BCUT2D eigenvalue weighted by atomic mass is 32.1. The first kappa shape index (κ1) is 14.5. The molecule has 0 aromatic carbocycles. The molecule has 20 heavy (non-hydrogen) atoms. The number of nitrogens with one attached hydrogen (secondary N) is 1. The van der Waals surface area contributed by atoms with Crippen LogP contribution in [0, 0.1) is 0 Å². The van der Waals surface area contributed by atoms with E-state index in [2.05, 4.69) is 29.5 Å². The third-order valence-electron chi connectivity index (χ3n) is 2.69. The molecular formula is C15H18N2O2S. The predicted molar refractivity (Wildman–Crippen MR) is 80.7 cm³/mol. The summed E-state index contributed by atoms with van der Waals surface area (Å²) in [6.45, 7) is 4.84. The minimum Gasteiger partial charge on any atom is -0.465 e. The number of rotatable bonds is 6. The average Bonchev–Trinajstić information content (AvgIpc) is 3.07. The summed E-state index contributed by atoms with van der Waals surface area (Å²) in [6.07, 6.45) is 5.45. The van der Waals surface area contributed by atoms with Crippen LogP contribution in [0.2, 0.25) is 0 Å². The van der Waals surface area contributed by atoms with Gasteiger partial charge in [0, 0.05) is 30.3 Å². The van der Waals surface area contributed by atoms with Crippen LogP contribution < -0.4 is 5.32 Å². The normalized spacial score (nSPS) is 11.3. The number of aromatic nitrogens is 1. The molecule has 0 aliphatic heterocycles. The van der Waals surface area contributed by atoms with Gasteiger partial charge in [0.15, 0.2) is 0 Å². The van der Waals surface area contributed by atoms with Crippen LogP contribution in [0.5, 0.6) is 0 Å². The molecule has 0 fully saturated rings. The van der Waals surface area contributed by atoms with Gasteiger partial charge in [-0.2, -0.15) is 0 Å². The highest BCUT2D eigenvalue weighted by Crippen LogP contribution is 2.19. The van der Waals surface area contributed by atoms with E-state index in [-0.39, 0.29) is 5.91 Å². The Kier molecular flexibility index (Phi) is 5.12. The van der Waals surface area contributed by atoms with E-state index >= 15 is 0 Å². The summed E-state index contributed by atoms with van der Waals surface area (Å²) in [4.78, 5) is 16.1. The van der Waals surface area contributed by atoms with Gasteiger partial charge < -0.3 is 9.73 Å². The maximum absolute atomic E-state index is 11.6. The van der Waals surface area contributed by atoms with Crippen LogP contribution in [0.25, 0.3) is 6.08 Å². The fourth-order valence-corrected chi connectivity index (χ4v) is 2.49. The van der Waals surface area contributed by atoms with Crippen LogP contribution in [-0.2, 0) is 11.2 Å². The van der Waals surface area contributed by atoms with Crippen LogP contribution in [0.3, 0.4) is 0 Å². The number of furan rings is 1. The highest BCUT2D eigenvalue weighted by Gasteiger charge is 2.05. The Balaban J connectivity index is 1.73. The number of hydrogen-bond donors (Lipinski definition) is 1. The van der Waals surface area contributed by atoms with E-state index in [1.165, 1.54) is 6.08 Å². The molecule has 0 saturated heterocycles. The van der Waals surface area contributed by atoms with Crippen molar-refractivity contribution in [2.75, 3.05) is 6.54 Å². The minimum absolute atomic E-state index is 0.124. The monoisotopic (exact) mass is 290 g/mol. The zero-order chi connectivity index (χ0) is 14.4. The summed E-state index contributed by atoms with van der Waals surface area (Å²) in [5.41, 5.74) is 1.04. The second kappa shape index (κ2) is 7.05. The third kappa shape index (κ3) is 4.35. The minimum atomic E-state index is -0.124. The van der Waals surface area contributed by atoms with Gasteiger partial charge in [0.1, 0.15) is 5.76 Å². The van der Waals surface area contributed by atoms with Crippen LogP contribution in [0.15, 0.2) is 34.3 Å². The molecule has 2 aromatic heterocycles. The number of amides is 1. The van der Waals surface area contributed by atoms with Crippen molar-refractivity contribution in [3.05, 3.63) is 46.3 Å².